The van der Waals surface area contributed by atoms with Gasteiger partial charge in [-0.05, 0) is 48.6 Å². The van der Waals surface area contributed by atoms with Crippen molar-refractivity contribution in [2.75, 3.05) is 38.7 Å². The molecule has 1 saturated heterocycles. The van der Waals surface area contributed by atoms with Gasteiger partial charge >= 0.3 is 0 Å². The number of benzene rings is 1. The van der Waals surface area contributed by atoms with Gasteiger partial charge in [0, 0.05) is 39.4 Å². The summed E-state index contributed by atoms with van der Waals surface area (Å²) in [5.41, 5.74) is 2.40. The van der Waals surface area contributed by atoms with E-state index in [1.807, 2.05) is 24.4 Å². The lowest BCUT2D eigenvalue weighted by atomic mass is 10.1. The Hall–Kier alpha value is -2.03. The molecule has 0 bridgehead atoms. The lowest BCUT2D eigenvalue weighted by Crippen LogP contribution is -2.37. The van der Waals surface area contributed by atoms with Gasteiger partial charge in [0.25, 0.3) is 0 Å². The summed E-state index contributed by atoms with van der Waals surface area (Å²) in [6.07, 6.45) is 5.28. The predicted molar refractivity (Wildman–Crippen MR) is 126 cm³/mol. The highest BCUT2D eigenvalue weighted by atomic mass is 127. The van der Waals surface area contributed by atoms with Crippen molar-refractivity contribution in [3.8, 4) is 5.75 Å². The van der Waals surface area contributed by atoms with Crippen LogP contribution >= 0.6 is 24.0 Å². The van der Waals surface area contributed by atoms with Crippen LogP contribution in [-0.2, 0) is 13.0 Å². The van der Waals surface area contributed by atoms with Gasteiger partial charge in [-0.3, -0.25) is 4.99 Å². The summed E-state index contributed by atoms with van der Waals surface area (Å²) in [5, 5.41) is 6.75. The number of aromatic nitrogens is 1. The van der Waals surface area contributed by atoms with Crippen LogP contribution in [0.3, 0.4) is 0 Å². The molecule has 2 N–H and O–H groups in total. The fraction of sp³-hybridized carbons (Fsp3) is 0.429. The van der Waals surface area contributed by atoms with E-state index in [0.717, 1.165) is 50.1 Å². The summed E-state index contributed by atoms with van der Waals surface area (Å²) in [6.45, 7) is 3.72. The number of nitrogens with one attached hydrogen (secondary N) is 2. The normalized spacial score (nSPS) is 13.8. The van der Waals surface area contributed by atoms with Crippen LogP contribution in [0, 0.1) is 0 Å². The number of halogens is 1. The maximum Gasteiger partial charge on any atom is 0.191 e. The maximum atomic E-state index is 5.40. The van der Waals surface area contributed by atoms with Crippen molar-refractivity contribution in [3.05, 3.63) is 53.7 Å². The number of nitrogens with zero attached hydrogens (tertiary/aromatic N) is 3. The summed E-state index contributed by atoms with van der Waals surface area (Å²) in [4.78, 5) is 11.2. The molecule has 6 nitrogen and oxygen atoms in total. The summed E-state index contributed by atoms with van der Waals surface area (Å²) in [7, 11) is 3.50. The molecule has 1 aliphatic rings. The summed E-state index contributed by atoms with van der Waals surface area (Å²) in [5.74, 6) is 2.80. The Labute approximate surface area is 184 Å². The molecule has 1 aliphatic heterocycles. The highest BCUT2D eigenvalue weighted by Gasteiger charge is 2.13. The first-order valence-electron chi connectivity index (χ1n) is 9.56. The van der Waals surface area contributed by atoms with Crippen molar-refractivity contribution < 1.29 is 4.74 Å². The first kappa shape index (κ1) is 22.3. The zero-order valence-corrected chi connectivity index (χ0v) is 19.0. The number of pyridine rings is 1. The number of hydrogen-bond acceptors (Lipinski definition) is 4. The number of hydrogen-bond donors (Lipinski definition) is 2. The monoisotopic (exact) mass is 495 g/mol. The predicted octanol–water partition coefficient (Wildman–Crippen LogP) is 3.22. The number of ether oxygens (including phenoxy) is 1. The molecule has 1 fully saturated rings. The molecule has 1 aromatic heterocycles. The molecule has 0 unspecified atom stereocenters. The Balaban J connectivity index is 0.00000280. The van der Waals surface area contributed by atoms with Crippen LogP contribution in [0.25, 0.3) is 0 Å². The Kier molecular flexibility index (Phi) is 9.33. The zero-order chi connectivity index (χ0) is 18.9. The van der Waals surface area contributed by atoms with E-state index in [0.29, 0.717) is 0 Å². The lowest BCUT2D eigenvalue weighted by molar-refractivity contribution is 0.409. The third-order valence-corrected chi connectivity index (χ3v) is 4.80. The molecule has 0 atom stereocenters. The van der Waals surface area contributed by atoms with Gasteiger partial charge in [-0.2, -0.15) is 0 Å². The van der Waals surface area contributed by atoms with Crippen molar-refractivity contribution in [2.24, 2.45) is 4.99 Å². The van der Waals surface area contributed by atoms with Crippen LogP contribution in [0.15, 0.2) is 47.6 Å². The van der Waals surface area contributed by atoms with Crippen LogP contribution in [0.2, 0.25) is 0 Å². The van der Waals surface area contributed by atoms with Crippen molar-refractivity contribution in [1.29, 1.82) is 0 Å². The molecule has 2 heterocycles. The molecule has 0 aliphatic carbocycles. The van der Waals surface area contributed by atoms with Crippen LogP contribution in [0.4, 0.5) is 5.82 Å². The van der Waals surface area contributed by atoms with E-state index in [9.17, 15) is 0 Å². The number of aliphatic imine (C=N–C) groups is 1. The van der Waals surface area contributed by atoms with Gasteiger partial charge in [-0.1, -0.05) is 18.2 Å². The molecule has 152 valence electrons. The highest BCUT2D eigenvalue weighted by molar-refractivity contribution is 14.0. The molecule has 0 radical (unpaired) electrons. The van der Waals surface area contributed by atoms with E-state index in [2.05, 4.69) is 43.7 Å². The largest absolute Gasteiger partial charge is 0.496 e. The number of anilines is 1. The van der Waals surface area contributed by atoms with Crippen LogP contribution in [0.5, 0.6) is 5.75 Å². The number of rotatable bonds is 7. The summed E-state index contributed by atoms with van der Waals surface area (Å²) >= 11 is 0. The quantitative estimate of drug-likeness (QED) is 0.351. The minimum Gasteiger partial charge on any atom is -0.496 e. The van der Waals surface area contributed by atoms with Crippen molar-refractivity contribution >= 4 is 35.8 Å². The average molecular weight is 495 g/mol. The van der Waals surface area contributed by atoms with Gasteiger partial charge in [0.05, 0.1) is 7.11 Å². The number of guanidine groups is 1. The summed E-state index contributed by atoms with van der Waals surface area (Å²) < 4.78 is 5.40. The third kappa shape index (κ3) is 6.25. The SMILES string of the molecule is CN=C(NCCc1ccccc1OC)NCc1ccnc(N2CCCC2)c1.I. The van der Waals surface area contributed by atoms with Crippen molar-refractivity contribution in [2.45, 2.75) is 25.8 Å². The fourth-order valence-electron chi connectivity index (χ4n) is 3.32. The molecule has 7 heteroatoms. The van der Waals surface area contributed by atoms with Crippen molar-refractivity contribution in [1.82, 2.24) is 15.6 Å². The smallest absolute Gasteiger partial charge is 0.191 e. The molecule has 28 heavy (non-hydrogen) atoms. The van der Waals surface area contributed by atoms with Gasteiger partial charge in [-0.25, -0.2) is 4.98 Å². The van der Waals surface area contributed by atoms with Gasteiger partial charge in [-0.15, -0.1) is 24.0 Å². The van der Waals surface area contributed by atoms with E-state index >= 15 is 0 Å². The first-order valence-corrected chi connectivity index (χ1v) is 9.56. The maximum absolute atomic E-state index is 5.40. The second kappa shape index (κ2) is 11.7. The molecule has 1 aromatic carbocycles. The second-order valence-electron chi connectivity index (χ2n) is 6.63. The molecule has 0 saturated carbocycles. The van der Waals surface area contributed by atoms with Gasteiger partial charge in [0.15, 0.2) is 5.96 Å². The van der Waals surface area contributed by atoms with Crippen LogP contribution in [0.1, 0.15) is 24.0 Å². The van der Waals surface area contributed by atoms with E-state index in [-0.39, 0.29) is 24.0 Å². The van der Waals surface area contributed by atoms with E-state index in [4.69, 9.17) is 4.74 Å². The van der Waals surface area contributed by atoms with Gasteiger partial charge in [0.1, 0.15) is 11.6 Å². The molecular weight excluding hydrogens is 465 g/mol. The first-order chi connectivity index (χ1) is 13.3. The van der Waals surface area contributed by atoms with E-state index < -0.39 is 0 Å². The standard InChI is InChI=1S/C21H29N5O.HI/c1-22-21(24-12-10-18-7-3-4-8-19(18)27-2)25-16-17-9-11-23-20(15-17)26-13-5-6-14-26;/h3-4,7-9,11,15H,5-6,10,12-14,16H2,1-2H3,(H2,22,24,25);1H. The Morgan fingerprint density at radius 1 is 1.18 bits per heavy atom. The Morgan fingerprint density at radius 3 is 2.71 bits per heavy atom. The molecule has 0 amide bonds. The minimum absolute atomic E-state index is 0. The van der Waals surface area contributed by atoms with Crippen molar-refractivity contribution in [3.63, 3.8) is 0 Å². The molecule has 3 rings (SSSR count). The second-order valence-corrected chi connectivity index (χ2v) is 6.63. The third-order valence-electron chi connectivity index (χ3n) is 4.80. The topological polar surface area (TPSA) is 61.8 Å². The molecular formula is C21H30IN5O. The highest BCUT2D eigenvalue weighted by Crippen LogP contribution is 2.18. The molecule has 0 spiro atoms. The molecule has 2 aromatic rings. The van der Waals surface area contributed by atoms with Crippen LogP contribution < -0.4 is 20.3 Å². The summed E-state index contributed by atoms with van der Waals surface area (Å²) in [6, 6.07) is 12.3. The minimum atomic E-state index is 0. The number of methoxy groups -OCH3 is 1. The lowest BCUT2D eigenvalue weighted by Gasteiger charge is -2.17. The Morgan fingerprint density at radius 2 is 1.96 bits per heavy atom. The van der Waals surface area contributed by atoms with Gasteiger partial charge < -0.3 is 20.3 Å². The number of para-hydroxylation sites is 1. The fourth-order valence-corrected chi connectivity index (χ4v) is 3.32. The van der Waals surface area contributed by atoms with E-state index in [1.165, 1.54) is 24.0 Å². The zero-order valence-electron chi connectivity index (χ0n) is 16.6. The van der Waals surface area contributed by atoms with Gasteiger partial charge in [0.2, 0.25) is 0 Å². The Bertz CT molecular complexity index is 762. The van der Waals surface area contributed by atoms with E-state index in [1.54, 1.807) is 14.2 Å². The average Bonchev–Trinajstić information content (AvgIpc) is 3.26. The van der Waals surface area contributed by atoms with Crippen LogP contribution in [-0.4, -0.2) is 44.7 Å².